The van der Waals surface area contributed by atoms with Gasteiger partial charge in [0.25, 0.3) is 0 Å². The summed E-state index contributed by atoms with van der Waals surface area (Å²) in [6, 6.07) is 0. The van der Waals surface area contributed by atoms with E-state index in [9.17, 15) is 15.3 Å². The highest BCUT2D eigenvalue weighted by Gasteiger charge is 2.43. The minimum Gasteiger partial charge on any atom is -0.394 e. The molecule has 0 aromatic carbocycles. The van der Waals surface area contributed by atoms with Gasteiger partial charge < -0.3 is 29.9 Å². The van der Waals surface area contributed by atoms with Gasteiger partial charge in [-0.25, -0.2) is 4.99 Å². The summed E-state index contributed by atoms with van der Waals surface area (Å²) >= 11 is 4.36. The van der Waals surface area contributed by atoms with Crippen LogP contribution in [-0.4, -0.2) is 76.1 Å². The molecule has 0 saturated carbocycles. The first-order valence-electron chi connectivity index (χ1n) is 5.07. The molecule has 0 aromatic heterocycles. The predicted octanol–water partition coefficient (Wildman–Crippen LogP) is -2.09. The Labute approximate surface area is 103 Å². The van der Waals surface area contributed by atoms with E-state index in [1.165, 1.54) is 0 Å². The van der Waals surface area contributed by atoms with Crippen LogP contribution in [0.25, 0.3) is 0 Å². The zero-order valence-corrected chi connectivity index (χ0v) is 9.79. The lowest BCUT2D eigenvalue weighted by atomic mass is 9.99. The molecule has 0 radical (unpaired) electrons. The molecule has 1 rings (SSSR count). The van der Waals surface area contributed by atoms with Gasteiger partial charge in [0, 0.05) is 0 Å². The Bertz CT molecular complexity index is 283. The molecule has 1 saturated heterocycles. The van der Waals surface area contributed by atoms with Crippen molar-refractivity contribution < 1.29 is 29.9 Å². The second kappa shape index (κ2) is 7.10. The molecule has 0 aliphatic carbocycles. The molecule has 1 heterocycles. The van der Waals surface area contributed by atoms with E-state index in [0.29, 0.717) is 0 Å². The van der Waals surface area contributed by atoms with E-state index < -0.39 is 37.3 Å². The Morgan fingerprint density at radius 3 is 2.53 bits per heavy atom. The van der Waals surface area contributed by atoms with Gasteiger partial charge in [-0.2, -0.15) is 0 Å². The summed E-state index contributed by atoms with van der Waals surface area (Å²) in [7, 11) is 0. The van der Waals surface area contributed by atoms with E-state index in [1.54, 1.807) is 0 Å². The summed E-state index contributed by atoms with van der Waals surface area (Å²) in [5.74, 6) is 0. The Morgan fingerprint density at radius 2 is 1.94 bits per heavy atom. The molecule has 98 valence electrons. The minimum absolute atomic E-state index is 0.117. The van der Waals surface area contributed by atoms with E-state index >= 15 is 0 Å². The highest BCUT2D eigenvalue weighted by atomic mass is 32.1. The zero-order valence-electron chi connectivity index (χ0n) is 8.97. The van der Waals surface area contributed by atoms with Gasteiger partial charge in [0.15, 0.2) is 6.29 Å². The lowest BCUT2D eigenvalue weighted by Gasteiger charge is -2.39. The SMILES string of the molecule is OC[C@H]1O[C@H](OCCN=C=S)[C@@H](O)[C@@H](O)[C@@H]1O. The topological polar surface area (TPSA) is 112 Å². The van der Waals surface area contributed by atoms with Gasteiger partial charge in [0.05, 0.1) is 24.9 Å². The molecular weight excluding hydrogens is 250 g/mol. The van der Waals surface area contributed by atoms with Crippen molar-refractivity contribution in [1.82, 2.24) is 0 Å². The van der Waals surface area contributed by atoms with Crippen LogP contribution in [0.4, 0.5) is 0 Å². The second-order valence-electron chi connectivity index (χ2n) is 3.54. The number of aliphatic imine (C=N–C) groups is 1. The van der Waals surface area contributed by atoms with Crippen molar-refractivity contribution in [2.45, 2.75) is 30.7 Å². The summed E-state index contributed by atoms with van der Waals surface area (Å²) < 4.78 is 10.2. The number of isothiocyanates is 1. The molecule has 5 atom stereocenters. The van der Waals surface area contributed by atoms with Crippen molar-refractivity contribution in [2.24, 2.45) is 4.99 Å². The Kier molecular flexibility index (Phi) is 6.10. The number of nitrogens with zero attached hydrogens (tertiary/aromatic N) is 1. The van der Waals surface area contributed by atoms with Gasteiger partial charge in [-0.15, -0.1) is 0 Å². The first-order chi connectivity index (χ1) is 8.11. The monoisotopic (exact) mass is 265 g/mol. The van der Waals surface area contributed by atoms with Crippen LogP contribution in [0.5, 0.6) is 0 Å². The molecule has 0 spiro atoms. The zero-order chi connectivity index (χ0) is 12.8. The van der Waals surface area contributed by atoms with Gasteiger partial charge in [0.1, 0.15) is 24.4 Å². The van der Waals surface area contributed by atoms with Crippen LogP contribution in [0.1, 0.15) is 0 Å². The van der Waals surface area contributed by atoms with Crippen LogP contribution >= 0.6 is 12.2 Å². The normalized spacial score (nSPS) is 37.5. The van der Waals surface area contributed by atoms with Crippen LogP contribution in [0.3, 0.4) is 0 Å². The molecule has 17 heavy (non-hydrogen) atoms. The fraction of sp³-hybridized carbons (Fsp3) is 0.889. The van der Waals surface area contributed by atoms with Gasteiger partial charge in [-0.05, 0) is 12.2 Å². The van der Waals surface area contributed by atoms with Crippen molar-refractivity contribution in [2.75, 3.05) is 19.8 Å². The van der Waals surface area contributed by atoms with Crippen molar-refractivity contribution in [3.8, 4) is 0 Å². The number of thiocarbonyl (C=S) groups is 1. The molecule has 0 aromatic rings. The summed E-state index contributed by atoms with van der Waals surface area (Å²) in [5, 5.41) is 39.6. The van der Waals surface area contributed by atoms with E-state index in [4.69, 9.17) is 14.6 Å². The predicted molar refractivity (Wildman–Crippen MR) is 59.6 cm³/mol. The molecule has 0 unspecified atom stereocenters. The van der Waals surface area contributed by atoms with E-state index in [-0.39, 0.29) is 13.2 Å². The van der Waals surface area contributed by atoms with Crippen LogP contribution in [0.2, 0.25) is 0 Å². The largest absolute Gasteiger partial charge is 0.394 e. The summed E-state index contributed by atoms with van der Waals surface area (Å²) in [5.41, 5.74) is 0. The minimum atomic E-state index is -1.43. The number of ether oxygens (including phenoxy) is 2. The van der Waals surface area contributed by atoms with Gasteiger partial charge in [-0.3, -0.25) is 0 Å². The van der Waals surface area contributed by atoms with E-state index in [1.807, 2.05) is 0 Å². The maximum atomic E-state index is 9.57. The van der Waals surface area contributed by atoms with Crippen LogP contribution < -0.4 is 0 Å². The van der Waals surface area contributed by atoms with Gasteiger partial charge in [-0.1, -0.05) is 0 Å². The third kappa shape index (κ3) is 3.77. The average Bonchev–Trinajstić information content (AvgIpc) is 2.34. The van der Waals surface area contributed by atoms with Crippen molar-refractivity contribution in [3.63, 3.8) is 0 Å². The molecule has 1 fully saturated rings. The Morgan fingerprint density at radius 1 is 1.24 bits per heavy atom. The van der Waals surface area contributed by atoms with E-state index in [0.717, 1.165) is 0 Å². The highest BCUT2D eigenvalue weighted by Crippen LogP contribution is 2.21. The van der Waals surface area contributed by atoms with Crippen LogP contribution in [0.15, 0.2) is 4.99 Å². The standard InChI is InChI=1S/C9H15NO6S/c11-3-5-6(12)7(13)8(14)9(16-5)15-2-1-10-4-17/h5-9,11-14H,1-3H2/t5-,6-,7+,8+,9+/m1/s1. The molecule has 4 N–H and O–H groups in total. The van der Waals surface area contributed by atoms with Gasteiger partial charge in [0.2, 0.25) is 0 Å². The molecular formula is C9H15NO6S. The lowest BCUT2D eigenvalue weighted by Crippen LogP contribution is -2.59. The quantitative estimate of drug-likeness (QED) is 0.256. The van der Waals surface area contributed by atoms with E-state index in [2.05, 4.69) is 22.4 Å². The highest BCUT2D eigenvalue weighted by molar-refractivity contribution is 7.78. The number of aliphatic hydroxyl groups is 4. The first-order valence-corrected chi connectivity index (χ1v) is 5.48. The molecule has 7 nitrogen and oxygen atoms in total. The Balaban J connectivity index is 2.50. The van der Waals surface area contributed by atoms with Crippen molar-refractivity contribution in [1.29, 1.82) is 0 Å². The summed E-state index contributed by atoms with van der Waals surface area (Å²) in [4.78, 5) is 3.60. The summed E-state index contributed by atoms with van der Waals surface area (Å²) in [6.45, 7) is -0.117. The summed E-state index contributed by atoms with van der Waals surface area (Å²) in [6.07, 6.45) is -6.28. The molecule has 8 heteroatoms. The lowest BCUT2D eigenvalue weighted by molar-refractivity contribution is -0.300. The molecule has 0 bridgehead atoms. The number of hydrogen-bond acceptors (Lipinski definition) is 8. The van der Waals surface area contributed by atoms with Crippen molar-refractivity contribution in [3.05, 3.63) is 0 Å². The Hall–Kier alpha value is -0.440. The van der Waals surface area contributed by atoms with Gasteiger partial charge >= 0.3 is 0 Å². The molecule has 1 aliphatic rings. The fourth-order valence-electron chi connectivity index (χ4n) is 1.47. The average molecular weight is 265 g/mol. The maximum absolute atomic E-state index is 9.57. The number of hydrogen-bond donors (Lipinski definition) is 4. The third-order valence-electron chi connectivity index (χ3n) is 2.40. The van der Waals surface area contributed by atoms with Crippen LogP contribution in [0, 0.1) is 0 Å². The fourth-order valence-corrected chi connectivity index (χ4v) is 1.56. The number of rotatable bonds is 5. The first kappa shape index (κ1) is 14.6. The third-order valence-corrected chi connectivity index (χ3v) is 2.53. The van der Waals surface area contributed by atoms with Crippen LogP contribution in [-0.2, 0) is 9.47 Å². The number of aliphatic hydroxyl groups excluding tert-OH is 4. The smallest absolute Gasteiger partial charge is 0.186 e. The molecule has 1 aliphatic heterocycles. The maximum Gasteiger partial charge on any atom is 0.186 e. The second-order valence-corrected chi connectivity index (χ2v) is 3.72. The molecule has 0 amide bonds. The van der Waals surface area contributed by atoms with Crippen molar-refractivity contribution >= 4 is 17.4 Å².